The molecule has 6 heteroatoms. The average molecular weight is 362 g/mol. The molecule has 27 heavy (non-hydrogen) atoms. The number of pyridine rings is 1. The van der Waals surface area contributed by atoms with Gasteiger partial charge in [0.05, 0.1) is 10.9 Å². The number of hydrogen-bond acceptors (Lipinski definition) is 5. The lowest BCUT2D eigenvalue weighted by molar-refractivity contribution is 0.137. The minimum absolute atomic E-state index is 0.136. The summed E-state index contributed by atoms with van der Waals surface area (Å²) in [6.07, 6.45) is 0.787. The lowest BCUT2D eigenvalue weighted by atomic mass is 10.1. The second kappa shape index (κ2) is 7.08. The van der Waals surface area contributed by atoms with Gasteiger partial charge in [-0.2, -0.15) is 0 Å². The van der Waals surface area contributed by atoms with Crippen molar-refractivity contribution in [1.29, 1.82) is 0 Å². The van der Waals surface area contributed by atoms with E-state index in [1.807, 2.05) is 55.4 Å². The molecule has 0 fully saturated rings. The summed E-state index contributed by atoms with van der Waals surface area (Å²) in [5, 5.41) is 16.2. The lowest BCUT2D eigenvalue weighted by Crippen LogP contribution is -2.30. The predicted molar refractivity (Wildman–Crippen MR) is 108 cm³/mol. The summed E-state index contributed by atoms with van der Waals surface area (Å²) < 4.78 is 1.50. The van der Waals surface area contributed by atoms with Crippen LogP contribution in [0.25, 0.3) is 27.3 Å². The van der Waals surface area contributed by atoms with Crippen LogP contribution in [0.15, 0.2) is 59.5 Å². The fourth-order valence-electron chi connectivity index (χ4n) is 3.33. The van der Waals surface area contributed by atoms with Crippen molar-refractivity contribution in [2.45, 2.75) is 6.23 Å². The van der Waals surface area contributed by atoms with Crippen LogP contribution >= 0.6 is 0 Å². The summed E-state index contributed by atoms with van der Waals surface area (Å²) in [5.74, 6) is 0. The maximum Gasteiger partial charge on any atom is 0.265 e. The van der Waals surface area contributed by atoms with Crippen LogP contribution in [-0.2, 0) is 0 Å². The number of aliphatic hydroxyl groups is 1. The molecule has 0 aliphatic carbocycles. The van der Waals surface area contributed by atoms with Crippen LogP contribution < -0.4 is 10.9 Å². The van der Waals surface area contributed by atoms with Gasteiger partial charge in [-0.05, 0) is 37.7 Å². The summed E-state index contributed by atoms with van der Waals surface area (Å²) in [6, 6.07) is 15.2. The smallest absolute Gasteiger partial charge is 0.265 e. The van der Waals surface area contributed by atoms with E-state index in [0.29, 0.717) is 28.7 Å². The van der Waals surface area contributed by atoms with Gasteiger partial charge in [-0.1, -0.05) is 30.3 Å². The topological polar surface area (TPSA) is 69.9 Å². The Hall–Kier alpha value is -2.80. The number of likely N-dealkylation sites (N-methyl/N-ethyl adjacent to an activating group) is 1. The normalized spacial score (nSPS) is 13.0. The maximum absolute atomic E-state index is 13.0. The van der Waals surface area contributed by atoms with Gasteiger partial charge in [0.15, 0.2) is 0 Å². The molecule has 0 saturated carbocycles. The second-order valence-corrected chi connectivity index (χ2v) is 6.92. The Balaban J connectivity index is 1.91. The molecule has 0 radical (unpaired) electrons. The van der Waals surface area contributed by atoms with Gasteiger partial charge in [-0.15, -0.1) is 0 Å². The number of rotatable bonds is 5. The summed E-state index contributed by atoms with van der Waals surface area (Å²) in [6.45, 7) is 1.42. The van der Waals surface area contributed by atoms with E-state index < -0.39 is 6.23 Å². The summed E-state index contributed by atoms with van der Waals surface area (Å²) in [5.41, 5.74) is 1.58. The van der Waals surface area contributed by atoms with E-state index in [4.69, 9.17) is 4.98 Å². The molecule has 0 aliphatic heterocycles. The first-order valence-corrected chi connectivity index (χ1v) is 8.95. The summed E-state index contributed by atoms with van der Waals surface area (Å²) in [4.78, 5) is 19.8. The van der Waals surface area contributed by atoms with Crippen molar-refractivity contribution in [3.05, 3.63) is 70.6 Å². The van der Waals surface area contributed by atoms with E-state index in [1.54, 1.807) is 18.3 Å². The summed E-state index contributed by atoms with van der Waals surface area (Å²) in [7, 11) is 3.95. The maximum atomic E-state index is 13.0. The number of benzene rings is 2. The third-order valence-electron chi connectivity index (χ3n) is 4.76. The van der Waals surface area contributed by atoms with E-state index >= 15 is 0 Å². The molecular weight excluding hydrogens is 340 g/mol. The first-order valence-electron chi connectivity index (χ1n) is 8.95. The van der Waals surface area contributed by atoms with Crippen molar-refractivity contribution in [2.24, 2.45) is 0 Å². The largest absolute Gasteiger partial charge is 0.374 e. The van der Waals surface area contributed by atoms with Gasteiger partial charge >= 0.3 is 0 Å². The molecule has 6 nitrogen and oxygen atoms in total. The third kappa shape index (κ3) is 3.19. The Bertz CT molecular complexity index is 1180. The van der Waals surface area contributed by atoms with E-state index in [2.05, 4.69) is 5.32 Å². The SMILES string of the molecule is CN(C)CCNC(O)c1cccn2c(=O)c3ccc4ccccc4c3nc12. The van der Waals surface area contributed by atoms with E-state index in [0.717, 1.165) is 17.3 Å². The zero-order chi connectivity index (χ0) is 19.0. The number of nitrogens with zero attached hydrogens (tertiary/aromatic N) is 3. The minimum Gasteiger partial charge on any atom is -0.374 e. The molecule has 2 aromatic heterocycles. The molecule has 2 N–H and O–H groups in total. The Kier molecular flexibility index (Phi) is 4.61. The van der Waals surface area contributed by atoms with Crippen LogP contribution in [0, 0.1) is 0 Å². The molecule has 1 atom stereocenters. The first kappa shape index (κ1) is 17.6. The predicted octanol–water partition coefficient (Wildman–Crippen LogP) is 2.14. The van der Waals surface area contributed by atoms with E-state index in [9.17, 15) is 9.90 Å². The number of aromatic nitrogens is 2. The number of fused-ring (bicyclic) bond motifs is 4. The molecule has 2 heterocycles. The quantitative estimate of drug-likeness (QED) is 0.323. The van der Waals surface area contributed by atoms with Gasteiger partial charge in [0.2, 0.25) is 0 Å². The highest BCUT2D eigenvalue weighted by Gasteiger charge is 2.15. The zero-order valence-electron chi connectivity index (χ0n) is 15.4. The van der Waals surface area contributed by atoms with Crippen LogP contribution in [0.5, 0.6) is 0 Å². The standard InChI is InChI=1S/C21H22N4O2/c1-24(2)13-11-22-20(26)17-8-5-12-25-19(17)23-18-15-7-4-3-6-14(15)9-10-16(18)21(25)27/h3-10,12,20,22,26H,11,13H2,1-2H3. The summed E-state index contributed by atoms with van der Waals surface area (Å²) >= 11 is 0. The minimum atomic E-state index is -0.902. The number of aliphatic hydroxyl groups excluding tert-OH is 1. The van der Waals surface area contributed by atoms with Crippen LogP contribution in [0.4, 0.5) is 0 Å². The van der Waals surface area contributed by atoms with Gasteiger partial charge in [0.1, 0.15) is 11.9 Å². The van der Waals surface area contributed by atoms with Gasteiger partial charge < -0.3 is 10.0 Å². The van der Waals surface area contributed by atoms with Crippen molar-refractivity contribution in [2.75, 3.05) is 27.2 Å². The first-order chi connectivity index (χ1) is 13.1. The molecule has 0 bridgehead atoms. The highest BCUT2D eigenvalue weighted by Crippen LogP contribution is 2.24. The van der Waals surface area contributed by atoms with Crippen molar-refractivity contribution in [3.63, 3.8) is 0 Å². The second-order valence-electron chi connectivity index (χ2n) is 6.92. The molecule has 0 aliphatic rings. The van der Waals surface area contributed by atoms with Gasteiger partial charge in [-0.3, -0.25) is 14.5 Å². The van der Waals surface area contributed by atoms with Crippen LogP contribution in [0.3, 0.4) is 0 Å². The molecule has 4 rings (SSSR count). The zero-order valence-corrected chi connectivity index (χ0v) is 15.4. The number of hydrogen-bond donors (Lipinski definition) is 2. The monoisotopic (exact) mass is 362 g/mol. The molecule has 4 aromatic rings. The highest BCUT2D eigenvalue weighted by atomic mass is 16.3. The van der Waals surface area contributed by atoms with Crippen LogP contribution in [0.2, 0.25) is 0 Å². The van der Waals surface area contributed by atoms with Crippen molar-refractivity contribution < 1.29 is 5.11 Å². The third-order valence-corrected chi connectivity index (χ3v) is 4.76. The van der Waals surface area contributed by atoms with Crippen LogP contribution in [-0.4, -0.2) is 46.6 Å². The molecule has 0 saturated heterocycles. The van der Waals surface area contributed by atoms with Gasteiger partial charge in [0.25, 0.3) is 5.56 Å². The van der Waals surface area contributed by atoms with Gasteiger partial charge in [0, 0.05) is 30.2 Å². The Labute approximate surface area is 156 Å². The van der Waals surface area contributed by atoms with Crippen molar-refractivity contribution in [1.82, 2.24) is 19.6 Å². The fourth-order valence-corrected chi connectivity index (χ4v) is 3.33. The molecule has 138 valence electrons. The van der Waals surface area contributed by atoms with Crippen molar-refractivity contribution in [3.8, 4) is 0 Å². The van der Waals surface area contributed by atoms with Gasteiger partial charge in [-0.25, -0.2) is 4.98 Å². The van der Waals surface area contributed by atoms with E-state index in [1.165, 1.54) is 4.40 Å². The Morgan fingerprint density at radius 1 is 1.11 bits per heavy atom. The number of nitrogens with one attached hydrogen (secondary N) is 1. The Morgan fingerprint density at radius 2 is 1.93 bits per heavy atom. The van der Waals surface area contributed by atoms with Crippen molar-refractivity contribution >= 4 is 27.3 Å². The molecule has 1 unspecified atom stereocenters. The molecule has 2 aromatic carbocycles. The van der Waals surface area contributed by atoms with Crippen LogP contribution in [0.1, 0.15) is 11.8 Å². The molecule has 0 amide bonds. The Morgan fingerprint density at radius 3 is 2.74 bits per heavy atom. The fraction of sp³-hybridized carbons (Fsp3) is 0.238. The molecular formula is C21H22N4O2. The van der Waals surface area contributed by atoms with E-state index in [-0.39, 0.29) is 5.56 Å². The average Bonchev–Trinajstić information content (AvgIpc) is 2.67. The highest BCUT2D eigenvalue weighted by molar-refractivity contribution is 6.05. The molecule has 0 spiro atoms. The lowest BCUT2D eigenvalue weighted by Gasteiger charge is -2.17.